The SMILES string of the molecule is CCCCCOc1cc(N2CCCN(Cc3ccnc4c3ccn4CC(=O)N3CCOC(CN4CCCC4)C3)C2=O)ccc1OC. The number of anilines is 1. The number of amides is 3. The summed E-state index contributed by atoms with van der Waals surface area (Å²) >= 11 is 0. The van der Waals surface area contributed by atoms with E-state index in [4.69, 9.17) is 14.2 Å². The largest absolute Gasteiger partial charge is 0.493 e. The molecular weight excluding hydrogens is 584 g/mol. The molecule has 3 aromatic rings. The first-order valence-electron chi connectivity index (χ1n) is 17.0. The third-order valence-electron chi connectivity index (χ3n) is 9.35. The summed E-state index contributed by atoms with van der Waals surface area (Å²) in [5.41, 5.74) is 2.57. The van der Waals surface area contributed by atoms with Crippen LogP contribution in [0.1, 0.15) is 51.0 Å². The Labute approximate surface area is 272 Å². The number of fused-ring (bicyclic) bond motifs is 1. The van der Waals surface area contributed by atoms with Crippen molar-refractivity contribution in [1.82, 2.24) is 24.3 Å². The van der Waals surface area contributed by atoms with Gasteiger partial charge in [0, 0.05) is 68.8 Å². The van der Waals surface area contributed by atoms with Crippen LogP contribution in [0, 0.1) is 0 Å². The van der Waals surface area contributed by atoms with E-state index in [0.29, 0.717) is 57.4 Å². The highest BCUT2D eigenvalue weighted by Gasteiger charge is 2.29. The van der Waals surface area contributed by atoms with E-state index in [1.54, 1.807) is 13.3 Å². The van der Waals surface area contributed by atoms with Crippen molar-refractivity contribution in [1.29, 1.82) is 0 Å². The molecule has 3 amide bonds. The second-order valence-corrected chi connectivity index (χ2v) is 12.6. The summed E-state index contributed by atoms with van der Waals surface area (Å²) in [6.45, 7) is 9.72. The number of rotatable bonds is 13. The lowest BCUT2D eigenvalue weighted by Crippen LogP contribution is -2.50. The van der Waals surface area contributed by atoms with Gasteiger partial charge in [0.05, 0.1) is 26.4 Å². The monoisotopic (exact) mass is 632 g/mol. The van der Waals surface area contributed by atoms with Gasteiger partial charge < -0.3 is 33.5 Å². The van der Waals surface area contributed by atoms with E-state index >= 15 is 0 Å². The van der Waals surface area contributed by atoms with Gasteiger partial charge in [-0.2, -0.15) is 0 Å². The Hall–Kier alpha value is -3.83. The molecule has 2 aromatic heterocycles. The molecule has 0 spiro atoms. The molecule has 3 fully saturated rings. The summed E-state index contributed by atoms with van der Waals surface area (Å²) in [5.74, 6) is 1.40. The molecule has 46 heavy (non-hydrogen) atoms. The van der Waals surface area contributed by atoms with Crippen LogP contribution in [0.2, 0.25) is 0 Å². The summed E-state index contributed by atoms with van der Waals surface area (Å²) in [4.78, 5) is 39.9. The highest BCUT2D eigenvalue weighted by molar-refractivity contribution is 5.93. The Morgan fingerprint density at radius 2 is 1.89 bits per heavy atom. The van der Waals surface area contributed by atoms with Crippen molar-refractivity contribution in [2.75, 3.05) is 71.0 Å². The molecular formula is C35H48N6O5. The van der Waals surface area contributed by atoms with Gasteiger partial charge in [-0.1, -0.05) is 19.8 Å². The van der Waals surface area contributed by atoms with E-state index < -0.39 is 0 Å². The maximum atomic E-state index is 13.8. The molecule has 11 heteroatoms. The van der Waals surface area contributed by atoms with E-state index in [9.17, 15) is 9.59 Å². The molecule has 248 valence electrons. The number of morpholine rings is 1. The first-order valence-corrected chi connectivity index (χ1v) is 17.0. The van der Waals surface area contributed by atoms with Crippen LogP contribution in [-0.4, -0.2) is 108 Å². The van der Waals surface area contributed by atoms with Crippen LogP contribution >= 0.6 is 0 Å². The summed E-state index contributed by atoms with van der Waals surface area (Å²) in [6, 6.07) is 9.65. The van der Waals surface area contributed by atoms with Crippen molar-refractivity contribution in [3.8, 4) is 11.5 Å². The van der Waals surface area contributed by atoms with Gasteiger partial charge in [-0.3, -0.25) is 9.69 Å². The first kappa shape index (κ1) is 32.1. The summed E-state index contributed by atoms with van der Waals surface area (Å²) in [6.07, 6.45) is 10.3. The van der Waals surface area contributed by atoms with E-state index in [1.807, 2.05) is 55.8 Å². The molecule has 3 saturated heterocycles. The molecule has 1 unspecified atom stereocenters. The molecule has 0 bridgehead atoms. The molecule has 0 saturated carbocycles. The number of urea groups is 1. The molecule has 3 aliphatic rings. The number of methoxy groups -OCH3 is 1. The smallest absolute Gasteiger partial charge is 0.324 e. The Kier molecular flexibility index (Phi) is 10.6. The number of hydrogen-bond acceptors (Lipinski definition) is 7. The minimum Gasteiger partial charge on any atom is -0.493 e. The quantitative estimate of drug-likeness (QED) is 0.251. The Bertz CT molecular complexity index is 1490. The summed E-state index contributed by atoms with van der Waals surface area (Å²) < 4.78 is 19.5. The maximum absolute atomic E-state index is 13.8. The van der Waals surface area contributed by atoms with Gasteiger partial charge in [0.1, 0.15) is 12.2 Å². The molecule has 1 aromatic carbocycles. The van der Waals surface area contributed by atoms with Gasteiger partial charge in [-0.15, -0.1) is 0 Å². The van der Waals surface area contributed by atoms with Crippen LogP contribution in [0.15, 0.2) is 42.7 Å². The Balaban J connectivity index is 1.11. The molecule has 1 atom stereocenters. The second-order valence-electron chi connectivity index (χ2n) is 12.6. The lowest BCUT2D eigenvalue weighted by atomic mass is 10.1. The number of unbranched alkanes of at least 4 members (excludes halogenated alkanes) is 2. The normalized spacial score (nSPS) is 19.3. The molecule has 11 nitrogen and oxygen atoms in total. The van der Waals surface area contributed by atoms with Gasteiger partial charge >= 0.3 is 6.03 Å². The Morgan fingerprint density at radius 1 is 1.02 bits per heavy atom. The van der Waals surface area contributed by atoms with Gasteiger partial charge in [0.25, 0.3) is 0 Å². The zero-order valence-electron chi connectivity index (χ0n) is 27.4. The number of benzene rings is 1. The van der Waals surface area contributed by atoms with Crippen LogP contribution in [0.5, 0.6) is 11.5 Å². The first-order chi connectivity index (χ1) is 22.5. The van der Waals surface area contributed by atoms with Crippen molar-refractivity contribution < 1.29 is 23.8 Å². The Morgan fingerprint density at radius 3 is 2.72 bits per heavy atom. The topological polar surface area (TPSA) is 92.6 Å². The number of hydrogen-bond donors (Lipinski definition) is 0. The summed E-state index contributed by atoms with van der Waals surface area (Å²) in [7, 11) is 1.63. The van der Waals surface area contributed by atoms with E-state index in [1.165, 1.54) is 12.8 Å². The predicted octanol–water partition coefficient (Wildman–Crippen LogP) is 4.77. The maximum Gasteiger partial charge on any atom is 0.324 e. The molecule has 3 aliphatic heterocycles. The fourth-order valence-electron chi connectivity index (χ4n) is 6.82. The number of pyridine rings is 1. The van der Waals surface area contributed by atoms with Crippen LogP contribution in [0.3, 0.4) is 0 Å². The zero-order chi connectivity index (χ0) is 31.9. The predicted molar refractivity (Wildman–Crippen MR) is 178 cm³/mol. The lowest BCUT2D eigenvalue weighted by Gasteiger charge is -2.36. The number of aromatic nitrogens is 2. The van der Waals surface area contributed by atoms with Crippen LogP contribution in [-0.2, 0) is 22.6 Å². The molecule has 0 N–H and O–H groups in total. The third-order valence-corrected chi connectivity index (χ3v) is 9.35. The van der Waals surface area contributed by atoms with Gasteiger partial charge in [0.2, 0.25) is 5.91 Å². The average molecular weight is 633 g/mol. The number of ether oxygens (including phenoxy) is 3. The highest BCUT2D eigenvalue weighted by atomic mass is 16.5. The van der Waals surface area contributed by atoms with E-state index in [-0.39, 0.29) is 24.6 Å². The van der Waals surface area contributed by atoms with Crippen molar-refractivity contribution in [3.05, 3.63) is 48.3 Å². The standard InChI is InChI=1S/C35H48N6O5/c1-3-4-7-20-46-32-22-28(9-10-31(32)44-2)41-17-8-16-40(35(41)43)23-27-11-13-36-34-30(27)12-18-39(34)26-33(42)38-19-21-45-29(25-38)24-37-14-5-6-15-37/h9-13,18,22,29H,3-8,14-17,19-21,23-26H2,1-2H3. The molecule has 0 radical (unpaired) electrons. The molecule has 0 aliphatic carbocycles. The minimum atomic E-state index is -0.0382. The minimum absolute atomic E-state index is 0.0382. The van der Waals surface area contributed by atoms with Crippen molar-refractivity contribution >= 4 is 28.7 Å². The van der Waals surface area contributed by atoms with E-state index in [2.05, 4.69) is 16.8 Å². The van der Waals surface area contributed by atoms with Crippen LogP contribution < -0.4 is 14.4 Å². The van der Waals surface area contributed by atoms with Crippen molar-refractivity contribution in [2.24, 2.45) is 0 Å². The van der Waals surface area contributed by atoms with E-state index in [0.717, 1.165) is 67.6 Å². The molecule has 5 heterocycles. The fraction of sp³-hybridized carbons (Fsp3) is 0.571. The molecule has 6 rings (SSSR count). The number of carbonyl (C=O) groups excluding carboxylic acids is 2. The zero-order valence-corrected chi connectivity index (χ0v) is 27.4. The number of likely N-dealkylation sites (tertiary alicyclic amines) is 1. The lowest BCUT2D eigenvalue weighted by molar-refractivity contribution is -0.140. The number of carbonyl (C=O) groups is 2. The number of nitrogens with zero attached hydrogens (tertiary/aromatic N) is 6. The third kappa shape index (κ3) is 7.41. The van der Waals surface area contributed by atoms with Gasteiger partial charge in [-0.25, -0.2) is 9.78 Å². The summed E-state index contributed by atoms with van der Waals surface area (Å²) in [5, 5.41) is 0.960. The van der Waals surface area contributed by atoms with Crippen LogP contribution in [0.4, 0.5) is 10.5 Å². The average Bonchev–Trinajstić information content (AvgIpc) is 3.75. The van der Waals surface area contributed by atoms with Gasteiger partial charge in [-0.05, 0) is 68.6 Å². The van der Waals surface area contributed by atoms with Crippen molar-refractivity contribution in [2.45, 2.75) is 64.6 Å². The fourth-order valence-corrected chi connectivity index (χ4v) is 6.82. The van der Waals surface area contributed by atoms with Gasteiger partial charge in [0.15, 0.2) is 11.5 Å². The van der Waals surface area contributed by atoms with Crippen LogP contribution in [0.25, 0.3) is 11.0 Å². The highest BCUT2D eigenvalue weighted by Crippen LogP contribution is 2.34. The van der Waals surface area contributed by atoms with Crippen molar-refractivity contribution in [3.63, 3.8) is 0 Å². The second kappa shape index (κ2) is 15.2.